The largest absolute Gasteiger partial charge is 0.379 e. The summed E-state index contributed by atoms with van der Waals surface area (Å²) in [5, 5.41) is 6.51. The second-order valence-electron chi connectivity index (χ2n) is 34.9. The average molecular weight is 1600 g/mol. The van der Waals surface area contributed by atoms with Crippen molar-refractivity contribution in [3.05, 3.63) is 249 Å². The van der Waals surface area contributed by atoms with Gasteiger partial charge in [-0.3, -0.25) is 48.3 Å². The predicted octanol–water partition coefficient (Wildman–Crippen LogP) is 18.8. The minimum Gasteiger partial charge on any atom is -0.379 e. The van der Waals surface area contributed by atoms with Crippen LogP contribution in [0.25, 0.3) is 0 Å². The van der Waals surface area contributed by atoms with Gasteiger partial charge in [-0.25, -0.2) is 0 Å². The Balaban J connectivity index is 0.000000145. The van der Waals surface area contributed by atoms with E-state index >= 15 is 0 Å². The average Bonchev–Trinajstić information content (AvgIpc) is 1.74. The quantitative estimate of drug-likeness (QED) is 0.0797. The van der Waals surface area contributed by atoms with Gasteiger partial charge in [-0.1, -0.05) is 276 Å². The van der Waals surface area contributed by atoms with E-state index in [2.05, 4.69) is 151 Å². The van der Waals surface area contributed by atoms with Crippen LogP contribution in [0.4, 0.5) is 0 Å². The maximum absolute atomic E-state index is 12.8. The van der Waals surface area contributed by atoms with Gasteiger partial charge in [0.1, 0.15) is 38.8 Å². The number of Topliss-reactive ketones (excluding diaryl/α,β-unsaturated/α-hetero) is 7. The van der Waals surface area contributed by atoms with Crippen molar-refractivity contribution in [2.45, 2.75) is 273 Å². The van der Waals surface area contributed by atoms with E-state index < -0.39 is 22.2 Å². The van der Waals surface area contributed by atoms with Gasteiger partial charge in [0.25, 0.3) is 0 Å². The van der Waals surface area contributed by atoms with Crippen LogP contribution in [0.2, 0.25) is 0 Å². The van der Waals surface area contributed by atoms with Gasteiger partial charge in [-0.15, -0.1) is 0 Å². The Kier molecular flexibility index (Phi) is 33.9. The molecule has 1 unspecified atom stereocenters. The third kappa shape index (κ3) is 21.3. The highest BCUT2D eigenvalue weighted by molar-refractivity contribution is 5.94. The van der Waals surface area contributed by atoms with E-state index in [-0.39, 0.29) is 28.2 Å². The van der Waals surface area contributed by atoms with Crippen molar-refractivity contribution >= 4 is 40.5 Å². The summed E-state index contributed by atoms with van der Waals surface area (Å²) in [5.41, 5.74) is 21.7. The first-order chi connectivity index (χ1) is 57.0. The second-order valence-corrected chi connectivity index (χ2v) is 34.9. The number of aryl methyl sites for hydroxylation is 4. The molecular formula is C103H139N7O8. The van der Waals surface area contributed by atoms with Gasteiger partial charge < -0.3 is 26.8 Å². The molecule has 2 heterocycles. The van der Waals surface area contributed by atoms with Gasteiger partial charge in [0.05, 0.1) is 13.2 Å². The lowest BCUT2D eigenvalue weighted by atomic mass is 9.74. The number of rotatable bonds is 14. The molecule has 7 aromatic carbocycles. The van der Waals surface area contributed by atoms with Crippen LogP contribution in [0.3, 0.4) is 0 Å². The molecule has 0 radical (unpaired) electrons. The number of nitrogens with two attached hydrogens (primary N) is 2. The zero-order valence-corrected chi connectivity index (χ0v) is 72.9. The summed E-state index contributed by atoms with van der Waals surface area (Å²) < 4.78 is 5.45. The number of likely N-dealkylation sites (tertiary alicyclic amines) is 1. The third-order valence-corrected chi connectivity index (χ3v) is 27.4. The van der Waals surface area contributed by atoms with Crippen LogP contribution in [-0.2, 0) is 77.1 Å². The Hall–Kier alpha value is -8.09. The van der Waals surface area contributed by atoms with E-state index in [9.17, 15) is 33.6 Å². The smallest absolute Gasteiger partial charge is 0.157 e. The molecule has 634 valence electrons. The highest BCUT2D eigenvalue weighted by Crippen LogP contribution is 2.46. The first-order valence-electron chi connectivity index (χ1n) is 44.9. The molecule has 9 fully saturated rings. The molecule has 0 bridgehead atoms. The van der Waals surface area contributed by atoms with Crippen molar-refractivity contribution in [3.63, 3.8) is 0 Å². The molecule has 8 atom stereocenters. The molecule has 7 aliphatic carbocycles. The van der Waals surface area contributed by atoms with Crippen LogP contribution in [0.15, 0.2) is 188 Å². The number of carbonyl (C=O) groups excluding carboxylic acids is 7. The van der Waals surface area contributed by atoms with Crippen LogP contribution < -0.4 is 22.1 Å². The van der Waals surface area contributed by atoms with Crippen molar-refractivity contribution in [2.24, 2.45) is 17.4 Å². The molecule has 7 saturated carbocycles. The predicted molar refractivity (Wildman–Crippen MR) is 477 cm³/mol. The lowest BCUT2D eigenvalue weighted by Crippen LogP contribution is -2.57. The molecule has 7 aromatic rings. The first kappa shape index (κ1) is 92.2. The van der Waals surface area contributed by atoms with Gasteiger partial charge in [-0.05, 0) is 203 Å². The number of morpholine rings is 1. The molecule has 0 aromatic heterocycles. The van der Waals surface area contributed by atoms with E-state index in [1.54, 1.807) is 0 Å². The van der Waals surface area contributed by atoms with Gasteiger partial charge in [0.2, 0.25) is 0 Å². The Morgan fingerprint density at radius 3 is 1.13 bits per heavy atom. The summed E-state index contributed by atoms with van der Waals surface area (Å²) in [7, 11) is 3.79. The maximum atomic E-state index is 12.8. The Bertz CT molecular complexity index is 4320. The first-order valence-corrected chi connectivity index (χ1v) is 44.9. The minimum atomic E-state index is -0.718. The zero-order valence-electron chi connectivity index (χ0n) is 72.9. The number of hydrogen-bond donors (Lipinski definition) is 4. The number of ether oxygens (including phenoxy) is 1. The summed E-state index contributed by atoms with van der Waals surface area (Å²) in [6, 6.07) is 63.7. The molecule has 6 N–H and O–H groups in total. The van der Waals surface area contributed by atoms with E-state index in [4.69, 9.17) is 16.2 Å². The fourth-order valence-corrected chi connectivity index (χ4v) is 20.4. The number of likely N-dealkylation sites (N-methyl/N-ethyl adjacent to an activating group) is 3. The maximum Gasteiger partial charge on any atom is 0.157 e. The van der Waals surface area contributed by atoms with E-state index in [0.717, 1.165) is 227 Å². The highest BCUT2D eigenvalue weighted by atomic mass is 16.5. The van der Waals surface area contributed by atoms with Crippen LogP contribution in [0.5, 0.6) is 0 Å². The molecule has 0 spiro atoms. The number of ketones is 7. The minimum absolute atomic E-state index is 0.192. The molecule has 15 nitrogen and oxygen atoms in total. The Labute approximate surface area is 706 Å². The lowest BCUT2D eigenvalue weighted by Gasteiger charge is -2.47. The van der Waals surface area contributed by atoms with E-state index in [0.29, 0.717) is 61.0 Å². The number of benzene rings is 7. The Morgan fingerprint density at radius 2 is 0.720 bits per heavy atom. The summed E-state index contributed by atoms with van der Waals surface area (Å²) >= 11 is 0. The second kappa shape index (κ2) is 43.4. The molecule has 118 heavy (non-hydrogen) atoms. The fraction of sp³-hybridized carbons (Fsp3) is 0.524. The summed E-state index contributed by atoms with van der Waals surface area (Å²) in [6.07, 6.45) is 27.4. The van der Waals surface area contributed by atoms with E-state index in [1.165, 1.54) is 46.2 Å². The molecule has 0 amide bonds. The summed E-state index contributed by atoms with van der Waals surface area (Å²) in [6.45, 7) is 22.0. The van der Waals surface area contributed by atoms with Crippen molar-refractivity contribution in [1.29, 1.82) is 0 Å². The van der Waals surface area contributed by atoms with Gasteiger partial charge in [-0.2, -0.15) is 0 Å². The fourth-order valence-electron chi connectivity index (χ4n) is 20.4. The molecular weight excluding hydrogens is 1460 g/mol. The summed E-state index contributed by atoms with van der Waals surface area (Å²) in [4.78, 5) is 93.4. The Morgan fingerprint density at radius 1 is 0.356 bits per heavy atom. The summed E-state index contributed by atoms with van der Waals surface area (Å²) in [5.74, 6) is 3.03. The van der Waals surface area contributed by atoms with Crippen molar-refractivity contribution in [2.75, 3.05) is 66.6 Å². The van der Waals surface area contributed by atoms with E-state index in [1.807, 2.05) is 125 Å². The highest BCUT2D eigenvalue weighted by Gasteiger charge is 2.50. The molecule has 15 heteroatoms. The van der Waals surface area contributed by atoms with Crippen LogP contribution in [-0.4, -0.2) is 122 Å². The zero-order chi connectivity index (χ0) is 84.4. The lowest BCUT2D eigenvalue weighted by molar-refractivity contribution is -0.139. The standard InChI is InChI=1S/C17H23NO.C16H21NO2.C16H23NO.2C14H19NO.2C13H17NO/c1-14-10-12-18(13-14)17(11-6-5-9-16(17)19)15-7-3-2-4-8-15;18-15-8-4-5-9-16(15,14-6-2-1-3-7-14)17-10-12-19-13-11-17;1-3-17(4-2)16(13-9-8-12-15(16)18)14-10-6-5-7-11-14;1-11-6-5-7-12(10-11)14(15-2)9-4-3-8-13(14)16;1-11-6-8-12(9-7-11)14(15-2)10-4-3-5-13(14)16;1-10-5-4-6-11(9-10)13(14)8-3-2-7-12(13)15;1-10-5-7-11(8-6-10)13(14)9-3-2-4-12(13)15/h2-4,7-8,14H,5-6,9-13H2,1H3;1-3,6-7H,4-5,8-13H2;5-7,10-11H,3-4,8-9,12-13H2,1-2H3;5-7,10,15H,3-4,8-9H2,1-2H3;6-9,15H,3-5,10H2,1-2H3;4-6,9H,2-3,7-8,14H2,1H3;5-8H,2-4,9,14H2,1H3/t14?,17-;2*16-;2*14-;2*13-/m0000000/s1. The van der Waals surface area contributed by atoms with Crippen molar-refractivity contribution < 1.29 is 38.3 Å². The van der Waals surface area contributed by atoms with Crippen molar-refractivity contribution in [3.8, 4) is 0 Å². The van der Waals surface area contributed by atoms with Crippen LogP contribution in [0.1, 0.15) is 268 Å². The van der Waals surface area contributed by atoms with Gasteiger partial charge in [0, 0.05) is 64.6 Å². The third-order valence-electron chi connectivity index (χ3n) is 27.4. The van der Waals surface area contributed by atoms with Gasteiger partial charge in [0.15, 0.2) is 40.5 Å². The molecule has 2 saturated heterocycles. The van der Waals surface area contributed by atoms with Gasteiger partial charge >= 0.3 is 0 Å². The molecule has 9 aliphatic rings. The molecule has 16 rings (SSSR count). The normalized spacial score (nSPS) is 27.5. The molecule has 2 aliphatic heterocycles. The number of carbonyl (C=O) groups is 7. The topological polar surface area (TPSA) is 215 Å². The monoisotopic (exact) mass is 1600 g/mol. The van der Waals surface area contributed by atoms with Crippen LogP contribution >= 0.6 is 0 Å². The van der Waals surface area contributed by atoms with Crippen molar-refractivity contribution in [1.82, 2.24) is 25.3 Å². The number of nitrogens with zero attached hydrogens (tertiary/aromatic N) is 3. The number of hydrogen-bond acceptors (Lipinski definition) is 15. The number of nitrogens with one attached hydrogen (secondary N) is 2. The SMILES string of the molecule is CC1CCN([C@]2(c3ccccc3)CCCCC2=O)C1.CCN(CC)[C@]1(c2ccccc2)CCCCC1=O.CN[C@]1(c2ccc(C)cc2)CCCCC1=O.CN[C@]1(c2cccc(C)c2)CCCCC1=O.Cc1ccc([C@@]2(N)CCCCC2=O)cc1.Cc1cccc([C@@]2(N)CCCCC2=O)c1.O=C1CCCC[C@@]1(c1ccccc1)N1CCOCC1. The van der Waals surface area contributed by atoms with Crippen LogP contribution in [0, 0.1) is 33.6 Å².